The molecule has 1 heterocycles. The van der Waals surface area contributed by atoms with E-state index in [1.807, 2.05) is 32.9 Å². The SMILES string of the molecule is CC(C)(C)OC(=O)NCCCCOC1CN(c2cc(Br)cc(NN)c2N)C1. The second-order valence-electron chi connectivity index (χ2n) is 7.56. The number of hydrogen-bond acceptors (Lipinski definition) is 7. The van der Waals surface area contributed by atoms with Crippen molar-refractivity contribution < 1.29 is 14.3 Å². The van der Waals surface area contributed by atoms with Crippen molar-refractivity contribution in [1.29, 1.82) is 0 Å². The monoisotopic (exact) mass is 443 g/mol. The van der Waals surface area contributed by atoms with E-state index in [-0.39, 0.29) is 12.2 Å². The van der Waals surface area contributed by atoms with Gasteiger partial charge >= 0.3 is 6.09 Å². The van der Waals surface area contributed by atoms with Crippen molar-refractivity contribution in [3.05, 3.63) is 16.6 Å². The number of nitrogens with zero attached hydrogens (tertiary/aromatic N) is 1. The second kappa shape index (κ2) is 9.48. The highest BCUT2D eigenvalue weighted by molar-refractivity contribution is 9.10. The molecule has 1 aliphatic rings. The van der Waals surface area contributed by atoms with Crippen LogP contribution >= 0.6 is 15.9 Å². The van der Waals surface area contributed by atoms with E-state index in [0.29, 0.717) is 24.5 Å². The zero-order chi connectivity index (χ0) is 20.0. The smallest absolute Gasteiger partial charge is 0.407 e. The molecule has 6 N–H and O–H groups in total. The molecule has 1 amide bonds. The molecule has 152 valence electrons. The molecule has 0 radical (unpaired) electrons. The number of nitrogens with one attached hydrogen (secondary N) is 2. The van der Waals surface area contributed by atoms with Gasteiger partial charge in [-0.1, -0.05) is 15.9 Å². The lowest BCUT2D eigenvalue weighted by Gasteiger charge is -2.41. The van der Waals surface area contributed by atoms with E-state index in [2.05, 4.69) is 31.6 Å². The number of carbonyl (C=O) groups excluding carboxylic acids is 1. The lowest BCUT2D eigenvalue weighted by molar-refractivity contribution is 0.0316. The fourth-order valence-electron chi connectivity index (χ4n) is 2.71. The van der Waals surface area contributed by atoms with Gasteiger partial charge in [-0.3, -0.25) is 5.84 Å². The predicted octanol–water partition coefficient (Wildman–Crippen LogP) is 2.83. The van der Waals surface area contributed by atoms with Crippen molar-refractivity contribution in [2.75, 3.05) is 42.3 Å². The Bertz CT molecular complexity index is 645. The number of hydrogen-bond donors (Lipinski definition) is 4. The van der Waals surface area contributed by atoms with Crippen LogP contribution in [0.15, 0.2) is 16.6 Å². The molecule has 0 bridgehead atoms. The van der Waals surface area contributed by atoms with Gasteiger partial charge in [0.25, 0.3) is 0 Å². The first-order valence-electron chi connectivity index (χ1n) is 9.08. The molecule has 1 aromatic rings. The summed E-state index contributed by atoms with van der Waals surface area (Å²) in [5.74, 6) is 5.50. The topological polar surface area (TPSA) is 115 Å². The zero-order valence-electron chi connectivity index (χ0n) is 16.2. The van der Waals surface area contributed by atoms with Crippen molar-refractivity contribution in [2.24, 2.45) is 5.84 Å². The molecule has 0 unspecified atom stereocenters. The van der Waals surface area contributed by atoms with Gasteiger partial charge in [0.1, 0.15) is 5.60 Å². The number of ether oxygens (including phenoxy) is 2. The maximum Gasteiger partial charge on any atom is 0.407 e. The summed E-state index contributed by atoms with van der Waals surface area (Å²) in [5, 5.41) is 2.75. The third-order valence-corrected chi connectivity index (χ3v) is 4.52. The summed E-state index contributed by atoms with van der Waals surface area (Å²) in [7, 11) is 0. The van der Waals surface area contributed by atoms with E-state index in [9.17, 15) is 4.79 Å². The van der Waals surface area contributed by atoms with E-state index in [4.69, 9.17) is 21.1 Å². The molecule has 2 rings (SSSR count). The third-order valence-electron chi connectivity index (χ3n) is 4.06. The second-order valence-corrected chi connectivity index (χ2v) is 8.48. The quantitative estimate of drug-likeness (QED) is 0.211. The predicted molar refractivity (Wildman–Crippen MR) is 112 cm³/mol. The van der Waals surface area contributed by atoms with Crippen molar-refractivity contribution in [1.82, 2.24) is 5.32 Å². The Balaban J connectivity index is 1.61. The van der Waals surface area contributed by atoms with Gasteiger partial charge in [-0.2, -0.15) is 0 Å². The lowest BCUT2D eigenvalue weighted by atomic mass is 10.1. The number of unbranched alkanes of at least 4 members (excludes halogenated alkanes) is 1. The molecule has 1 aliphatic heterocycles. The van der Waals surface area contributed by atoms with Crippen molar-refractivity contribution in [3.63, 3.8) is 0 Å². The van der Waals surface area contributed by atoms with Gasteiger partial charge in [-0.15, -0.1) is 0 Å². The number of benzene rings is 1. The standard InChI is InChI=1S/C18H30BrN5O3/c1-18(2,3)27-17(25)22-6-4-5-7-26-13-10-24(11-13)15-9-12(19)8-14(23-21)16(15)20/h8-9,13,23H,4-7,10-11,20-21H2,1-3H3,(H,22,25). The minimum Gasteiger partial charge on any atom is -0.444 e. The largest absolute Gasteiger partial charge is 0.444 e. The number of anilines is 3. The van der Waals surface area contributed by atoms with E-state index < -0.39 is 5.60 Å². The first-order valence-corrected chi connectivity index (χ1v) is 9.88. The molecule has 8 nitrogen and oxygen atoms in total. The number of nitrogens with two attached hydrogens (primary N) is 2. The number of hydrazine groups is 1. The Labute approximate surface area is 169 Å². The zero-order valence-corrected chi connectivity index (χ0v) is 17.8. The molecule has 0 aliphatic carbocycles. The van der Waals surface area contributed by atoms with Gasteiger partial charge in [0.05, 0.1) is 23.2 Å². The van der Waals surface area contributed by atoms with Gasteiger partial charge in [-0.25, -0.2) is 4.79 Å². The molecular weight excluding hydrogens is 414 g/mol. The van der Waals surface area contributed by atoms with Crippen LogP contribution in [-0.4, -0.2) is 44.0 Å². The summed E-state index contributed by atoms with van der Waals surface area (Å²) in [6.07, 6.45) is 1.54. The van der Waals surface area contributed by atoms with Crippen LogP contribution in [0.2, 0.25) is 0 Å². The summed E-state index contributed by atoms with van der Waals surface area (Å²) in [4.78, 5) is 13.7. The fourth-order valence-corrected chi connectivity index (χ4v) is 3.15. The highest BCUT2D eigenvalue weighted by Gasteiger charge is 2.29. The molecule has 1 saturated heterocycles. The molecular formula is C18H30BrN5O3. The van der Waals surface area contributed by atoms with Crippen molar-refractivity contribution >= 4 is 39.1 Å². The summed E-state index contributed by atoms with van der Waals surface area (Å²) in [6.45, 7) is 8.37. The number of carbonyl (C=O) groups is 1. The molecule has 0 atom stereocenters. The minimum absolute atomic E-state index is 0.191. The summed E-state index contributed by atoms with van der Waals surface area (Å²) < 4.78 is 12.0. The summed E-state index contributed by atoms with van der Waals surface area (Å²) >= 11 is 3.47. The summed E-state index contributed by atoms with van der Waals surface area (Å²) in [6, 6.07) is 3.83. The number of amides is 1. The Kier molecular flexibility index (Phi) is 7.58. The van der Waals surface area contributed by atoms with Crippen LogP contribution < -0.4 is 27.2 Å². The van der Waals surface area contributed by atoms with E-state index in [1.54, 1.807) is 0 Å². The van der Waals surface area contributed by atoms with Crippen LogP contribution in [-0.2, 0) is 9.47 Å². The van der Waals surface area contributed by atoms with Gasteiger partial charge in [-0.05, 0) is 45.7 Å². The molecule has 9 heteroatoms. The molecule has 27 heavy (non-hydrogen) atoms. The number of rotatable bonds is 8. The van der Waals surface area contributed by atoms with Crippen molar-refractivity contribution in [2.45, 2.75) is 45.3 Å². The maximum absolute atomic E-state index is 11.5. The van der Waals surface area contributed by atoms with Crippen molar-refractivity contribution in [3.8, 4) is 0 Å². The number of halogens is 1. The van der Waals surface area contributed by atoms with Gasteiger partial charge in [0.2, 0.25) is 0 Å². The molecule has 1 fully saturated rings. The Morgan fingerprint density at radius 2 is 2.04 bits per heavy atom. The van der Waals surface area contributed by atoms with Crippen LogP contribution in [0.5, 0.6) is 0 Å². The molecule has 0 aromatic heterocycles. The van der Waals surface area contributed by atoms with Gasteiger partial charge < -0.3 is 30.8 Å². The normalized spacial score (nSPS) is 14.6. The van der Waals surface area contributed by atoms with Crippen LogP contribution in [0.3, 0.4) is 0 Å². The van der Waals surface area contributed by atoms with E-state index in [0.717, 1.165) is 36.1 Å². The van der Waals surface area contributed by atoms with E-state index in [1.165, 1.54) is 0 Å². The van der Waals surface area contributed by atoms with Crippen LogP contribution in [0.1, 0.15) is 33.6 Å². The Morgan fingerprint density at radius 3 is 2.67 bits per heavy atom. The van der Waals surface area contributed by atoms with Gasteiger partial charge in [0.15, 0.2) is 0 Å². The third kappa shape index (κ3) is 6.75. The van der Waals surface area contributed by atoms with Crippen LogP contribution in [0.4, 0.5) is 21.9 Å². The Hall–Kier alpha value is -1.71. The first-order chi connectivity index (χ1) is 12.7. The Morgan fingerprint density at radius 1 is 1.33 bits per heavy atom. The highest BCUT2D eigenvalue weighted by Crippen LogP contribution is 2.36. The van der Waals surface area contributed by atoms with Gasteiger partial charge in [0, 0.05) is 30.7 Å². The first kappa shape index (κ1) is 21.6. The lowest BCUT2D eigenvalue weighted by Crippen LogP contribution is -2.52. The average molecular weight is 444 g/mol. The molecule has 0 spiro atoms. The molecule has 1 aromatic carbocycles. The fraction of sp³-hybridized carbons (Fsp3) is 0.611. The minimum atomic E-state index is -0.470. The number of alkyl carbamates (subject to hydrolysis) is 1. The van der Waals surface area contributed by atoms with Crippen LogP contribution in [0, 0.1) is 0 Å². The maximum atomic E-state index is 11.5. The highest BCUT2D eigenvalue weighted by atomic mass is 79.9. The average Bonchev–Trinajstić information content (AvgIpc) is 2.52. The number of nitrogen functional groups attached to an aromatic ring is 2. The molecule has 0 saturated carbocycles. The van der Waals surface area contributed by atoms with E-state index >= 15 is 0 Å². The summed E-state index contributed by atoms with van der Waals surface area (Å²) in [5.41, 5.74) is 10.6. The van der Waals surface area contributed by atoms with Crippen LogP contribution in [0.25, 0.3) is 0 Å².